The zero-order valence-electron chi connectivity index (χ0n) is 19.1. The van der Waals surface area contributed by atoms with Gasteiger partial charge >= 0.3 is 0 Å². The lowest BCUT2D eigenvalue weighted by molar-refractivity contribution is 0.187. The van der Waals surface area contributed by atoms with E-state index in [1.165, 1.54) is 11.1 Å². The molecule has 8 heteroatoms. The summed E-state index contributed by atoms with van der Waals surface area (Å²) in [5.41, 5.74) is 13.4. The third-order valence-corrected chi connectivity index (χ3v) is 8.12. The minimum absolute atomic E-state index is 0.122. The topological polar surface area (TPSA) is 99.9 Å². The van der Waals surface area contributed by atoms with Gasteiger partial charge in [0.1, 0.15) is 5.82 Å². The third kappa shape index (κ3) is 2.94. The molecule has 0 radical (unpaired) electrons. The van der Waals surface area contributed by atoms with Gasteiger partial charge < -0.3 is 15.5 Å². The van der Waals surface area contributed by atoms with Crippen molar-refractivity contribution in [2.24, 2.45) is 11.1 Å². The van der Waals surface area contributed by atoms with Crippen LogP contribution in [-0.4, -0.2) is 44.8 Å². The first-order valence-electron chi connectivity index (χ1n) is 12.2. The highest BCUT2D eigenvalue weighted by Crippen LogP contribution is 2.51. The number of aryl methyl sites for hydroxylation is 1. The Bertz CT molecular complexity index is 1370. The Labute approximate surface area is 198 Å². The molecule has 0 amide bonds. The lowest BCUT2D eigenvalue weighted by Crippen LogP contribution is -2.44. The molecule has 3 aromatic heterocycles. The monoisotopic (exact) mass is 452 g/mol. The molecule has 1 saturated heterocycles. The second-order valence-corrected chi connectivity index (χ2v) is 9.90. The zero-order chi connectivity index (χ0) is 22.7. The van der Waals surface area contributed by atoms with Gasteiger partial charge in [0.25, 0.3) is 0 Å². The molecule has 7 rings (SSSR count). The average Bonchev–Trinajstić information content (AvgIpc) is 3.43. The van der Waals surface area contributed by atoms with E-state index in [1.807, 2.05) is 18.5 Å². The van der Waals surface area contributed by atoms with Gasteiger partial charge in [-0.1, -0.05) is 24.3 Å². The summed E-state index contributed by atoms with van der Waals surface area (Å²) in [6, 6.07) is 12.9. The number of nitrogens with two attached hydrogens (primary N) is 1. The van der Waals surface area contributed by atoms with Gasteiger partial charge in [-0.2, -0.15) is 5.10 Å². The highest BCUT2D eigenvalue weighted by molar-refractivity contribution is 5.87. The molecule has 2 aliphatic heterocycles. The summed E-state index contributed by atoms with van der Waals surface area (Å²) in [7, 11) is 0. The van der Waals surface area contributed by atoms with E-state index >= 15 is 0 Å². The van der Waals surface area contributed by atoms with Crippen LogP contribution in [0.25, 0.3) is 11.2 Å². The smallest absolute Gasteiger partial charge is 0.183 e. The van der Waals surface area contributed by atoms with E-state index in [2.05, 4.69) is 55.3 Å². The summed E-state index contributed by atoms with van der Waals surface area (Å²) in [5.74, 6) is 1.73. The summed E-state index contributed by atoms with van der Waals surface area (Å²) in [6.45, 7) is 2.78. The largest absolute Gasteiger partial charge is 0.355 e. The molecule has 3 aliphatic rings. The third-order valence-electron chi connectivity index (χ3n) is 8.12. The van der Waals surface area contributed by atoms with Crippen LogP contribution in [-0.2, 0) is 12.8 Å². The van der Waals surface area contributed by atoms with Crippen LogP contribution in [0.4, 0.5) is 17.3 Å². The summed E-state index contributed by atoms with van der Waals surface area (Å²) < 4.78 is 0. The van der Waals surface area contributed by atoms with Crippen molar-refractivity contribution in [1.82, 2.24) is 25.1 Å². The number of piperidine rings is 1. The van der Waals surface area contributed by atoms with Gasteiger partial charge in [0.2, 0.25) is 0 Å². The molecule has 172 valence electrons. The number of hydrogen-bond donors (Lipinski definition) is 2. The number of pyridine rings is 1. The predicted octanol–water partition coefficient (Wildman–Crippen LogP) is 3.67. The van der Waals surface area contributed by atoms with Crippen LogP contribution in [0.2, 0.25) is 0 Å². The number of nitrogens with one attached hydrogen (secondary N) is 1. The molecule has 1 atom stereocenters. The minimum Gasteiger partial charge on any atom is -0.355 e. The Balaban J connectivity index is 1.13. The Morgan fingerprint density at radius 1 is 1.03 bits per heavy atom. The van der Waals surface area contributed by atoms with E-state index in [9.17, 15) is 0 Å². The maximum absolute atomic E-state index is 6.75. The number of nitrogens with zero attached hydrogens (tertiary/aromatic N) is 6. The molecule has 4 aromatic rings. The molecule has 1 spiro atoms. The fraction of sp³-hybridized carbons (Fsp3) is 0.385. The Kier molecular flexibility index (Phi) is 4.39. The van der Waals surface area contributed by atoms with Crippen molar-refractivity contribution in [2.75, 3.05) is 29.4 Å². The van der Waals surface area contributed by atoms with Crippen molar-refractivity contribution in [2.45, 2.75) is 38.1 Å². The van der Waals surface area contributed by atoms with Gasteiger partial charge in [0, 0.05) is 31.9 Å². The molecule has 1 fully saturated rings. The minimum atomic E-state index is 0.122. The molecular formula is C26H28N8. The SMILES string of the molecule is NC1c2ccccc2CC12CCN(c1cnc3c(N4CCCc5ncccc54)n[nH]c3n1)CC2. The molecular weight excluding hydrogens is 424 g/mol. The first-order chi connectivity index (χ1) is 16.7. The van der Waals surface area contributed by atoms with Crippen molar-refractivity contribution in [1.29, 1.82) is 0 Å². The van der Waals surface area contributed by atoms with Crippen LogP contribution < -0.4 is 15.5 Å². The van der Waals surface area contributed by atoms with E-state index in [0.717, 1.165) is 85.9 Å². The number of fused-ring (bicyclic) bond motifs is 3. The number of benzene rings is 1. The van der Waals surface area contributed by atoms with Crippen molar-refractivity contribution in [3.8, 4) is 0 Å². The quantitative estimate of drug-likeness (QED) is 0.479. The van der Waals surface area contributed by atoms with Gasteiger partial charge in [0.15, 0.2) is 17.0 Å². The first-order valence-corrected chi connectivity index (χ1v) is 12.2. The Hall–Kier alpha value is -3.52. The Morgan fingerprint density at radius 3 is 2.79 bits per heavy atom. The summed E-state index contributed by atoms with van der Waals surface area (Å²) in [5, 5.41) is 7.74. The average molecular weight is 453 g/mol. The molecule has 1 unspecified atom stereocenters. The number of rotatable bonds is 2. The molecule has 0 saturated carbocycles. The van der Waals surface area contributed by atoms with Gasteiger partial charge in [-0.15, -0.1) is 0 Å². The second kappa shape index (κ2) is 7.50. The standard InChI is InChI=1S/C26H28N8/c27-23-18-6-2-1-5-17(18)15-26(23)9-13-33(14-10-26)21-16-29-22-24(30-21)31-32-25(22)34-12-4-7-19-20(34)8-3-11-28-19/h1-3,5-6,8,11,16,23H,4,7,9-10,12-15,27H2,(H,30,31,32). The number of aromatic amines is 1. The number of anilines is 3. The Morgan fingerprint density at radius 2 is 1.91 bits per heavy atom. The molecule has 0 bridgehead atoms. The van der Waals surface area contributed by atoms with Gasteiger partial charge in [-0.05, 0) is 60.8 Å². The number of H-pyrrole nitrogens is 1. The van der Waals surface area contributed by atoms with E-state index in [1.54, 1.807) is 0 Å². The normalized spacial score (nSPS) is 21.1. The lowest BCUT2D eigenvalue weighted by Gasteiger charge is -2.42. The summed E-state index contributed by atoms with van der Waals surface area (Å²) in [6.07, 6.45) is 9.01. The number of hydrogen-bond acceptors (Lipinski definition) is 7. The first kappa shape index (κ1) is 19.9. The molecule has 1 aromatic carbocycles. The van der Waals surface area contributed by atoms with Crippen molar-refractivity contribution in [3.05, 3.63) is 65.6 Å². The zero-order valence-corrected chi connectivity index (χ0v) is 19.1. The fourth-order valence-corrected chi connectivity index (χ4v) is 6.22. The molecule has 3 N–H and O–H groups in total. The van der Waals surface area contributed by atoms with Crippen molar-refractivity contribution < 1.29 is 0 Å². The van der Waals surface area contributed by atoms with Crippen molar-refractivity contribution in [3.63, 3.8) is 0 Å². The molecule has 8 nitrogen and oxygen atoms in total. The summed E-state index contributed by atoms with van der Waals surface area (Å²) >= 11 is 0. The maximum Gasteiger partial charge on any atom is 0.183 e. The second-order valence-electron chi connectivity index (χ2n) is 9.90. The molecule has 34 heavy (non-hydrogen) atoms. The molecule has 1 aliphatic carbocycles. The summed E-state index contributed by atoms with van der Waals surface area (Å²) in [4.78, 5) is 18.8. The van der Waals surface area contributed by atoms with Gasteiger partial charge in [0.05, 0.1) is 17.6 Å². The van der Waals surface area contributed by atoms with Crippen LogP contribution >= 0.6 is 0 Å². The van der Waals surface area contributed by atoms with E-state index in [0.29, 0.717) is 0 Å². The van der Waals surface area contributed by atoms with Crippen LogP contribution in [0.1, 0.15) is 42.1 Å². The van der Waals surface area contributed by atoms with Crippen LogP contribution in [0.15, 0.2) is 48.8 Å². The maximum atomic E-state index is 6.75. The lowest BCUT2D eigenvalue weighted by atomic mass is 9.73. The van der Waals surface area contributed by atoms with Gasteiger partial charge in [-0.25, -0.2) is 9.97 Å². The highest BCUT2D eigenvalue weighted by atomic mass is 15.3. The number of aromatic nitrogens is 5. The highest BCUT2D eigenvalue weighted by Gasteiger charge is 2.45. The van der Waals surface area contributed by atoms with E-state index in [4.69, 9.17) is 15.7 Å². The van der Waals surface area contributed by atoms with Gasteiger partial charge in [-0.3, -0.25) is 10.1 Å². The van der Waals surface area contributed by atoms with Crippen LogP contribution in [0.3, 0.4) is 0 Å². The van der Waals surface area contributed by atoms with Crippen LogP contribution in [0, 0.1) is 5.41 Å². The van der Waals surface area contributed by atoms with Crippen molar-refractivity contribution >= 4 is 28.5 Å². The molecule has 5 heterocycles. The van der Waals surface area contributed by atoms with E-state index < -0.39 is 0 Å². The fourth-order valence-electron chi connectivity index (χ4n) is 6.22. The predicted molar refractivity (Wildman–Crippen MR) is 132 cm³/mol. The van der Waals surface area contributed by atoms with Crippen LogP contribution in [0.5, 0.6) is 0 Å². The van der Waals surface area contributed by atoms with E-state index in [-0.39, 0.29) is 11.5 Å².